The molecule has 0 fully saturated rings. The van der Waals surface area contributed by atoms with Gasteiger partial charge >= 0.3 is 0 Å². The summed E-state index contributed by atoms with van der Waals surface area (Å²) in [4.78, 5) is 6.45. The number of pyridine rings is 1. The van der Waals surface area contributed by atoms with Gasteiger partial charge in [0.15, 0.2) is 11.5 Å². The van der Waals surface area contributed by atoms with Gasteiger partial charge in [-0.15, -0.1) is 0 Å². The smallest absolute Gasteiger partial charge is 0.151 e. The van der Waals surface area contributed by atoms with E-state index in [1.165, 1.54) is 0 Å². The van der Waals surface area contributed by atoms with Crippen molar-refractivity contribution < 1.29 is 4.74 Å². The molecule has 4 aromatic carbocycles. The molecule has 34 heavy (non-hydrogen) atoms. The largest absolute Gasteiger partial charge is 0.453 e. The van der Waals surface area contributed by atoms with Crippen LogP contribution in [0.3, 0.4) is 0 Å². The number of benzene rings is 4. The van der Waals surface area contributed by atoms with Gasteiger partial charge in [0.05, 0.1) is 17.1 Å². The number of hydrogen-bond acceptors (Lipinski definition) is 4. The van der Waals surface area contributed by atoms with Crippen molar-refractivity contribution in [3.8, 4) is 39.8 Å². The first-order valence-corrected chi connectivity index (χ1v) is 11.0. The number of para-hydroxylation sites is 5. The van der Waals surface area contributed by atoms with Gasteiger partial charge in [-0.2, -0.15) is 5.26 Å². The normalized spacial score (nSPS) is 11.7. The Labute approximate surface area is 198 Å². The molecule has 0 N–H and O–H groups in total. The number of fused-ring (bicyclic) bond motifs is 2. The fourth-order valence-electron chi connectivity index (χ4n) is 4.43. The molecular weight excluding hydrogens is 418 g/mol. The van der Waals surface area contributed by atoms with Gasteiger partial charge < -0.3 is 9.64 Å². The second-order valence-electron chi connectivity index (χ2n) is 7.98. The molecule has 4 nitrogen and oxygen atoms in total. The molecule has 1 aromatic heterocycles. The summed E-state index contributed by atoms with van der Waals surface area (Å²) < 4.78 is 6.19. The molecule has 0 saturated heterocycles. The fraction of sp³-hybridized carbons (Fsp3) is 0. The number of aromatic nitrogens is 1. The minimum Gasteiger partial charge on any atom is -0.453 e. The Kier molecular flexibility index (Phi) is 4.79. The van der Waals surface area contributed by atoms with Crippen LogP contribution in [0.25, 0.3) is 22.3 Å². The minimum atomic E-state index is 0.428. The van der Waals surface area contributed by atoms with Gasteiger partial charge in [0.25, 0.3) is 0 Å². The summed E-state index contributed by atoms with van der Waals surface area (Å²) in [5.74, 6) is 1.65. The first-order chi connectivity index (χ1) is 16.8. The average molecular weight is 438 g/mol. The van der Waals surface area contributed by atoms with Crippen LogP contribution in [0.1, 0.15) is 5.69 Å². The van der Waals surface area contributed by atoms with Crippen LogP contribution in [0.2, 0.25) is 0 Å². The van der Waals surface area contributed by atoms with Crippen molar-refractivity contribution in [3.05, 3.63) is 121 Å². The Morgan fingerprint density at radius 1 is 0.588 bits per heavy atom. The highest BCUT2D eigenvalue weighted by molar-refractivity contribution is 5.93. The molecular formula is C30H19N3O. The lowest BCUT2D eigenvalue weighted by molar-refractivity contribution is 0.477. The van der Waals surface area contributed by atoms with E-state index in [9.17, 15) is 5.26 Å². The van der Waals surface area contributed by atoms with Crippen molar-refractivity contribution in [2.45, 2.75) is 0 Å². The molecule has 0 aliphatic carbocycles. The summed E-state index contributed by atoms with van der Waals surface area (Å²) in [6, 6.07) is 38.8. The summed E-state index contributed by atoms with van der Waals surface area (Å²) in [5, 5.41) is 9.42. The zero-order valence-corrected chi connectivity index (χ0v) is 18.2. The van der Waals surface area contributed by atoms with Gasteiger partial charge in [0.2, 0.25) is 0 Å². The van der Waals surface area contributed by atoms with Crippen LogP contribution in [-0.4, -0.2) is 4.98 Å². The standard InChI is InChI=1S/C30H19N3O/c31-20-25-23(9-7-19-32-25)21-15-17-22(18-16-21)24-8-1-2-10-26(24)33-27-11-3-5-13-29(27)34-30-14-6-4-12-28(30)33/h1-19H. The van der Waals surface area contributed by atoms with E-state index in [0.29, 0.717) is 5.69 Å². The van der Waals surface area contributed by atoms with E-state index in [1.807, 2.05) is 60.7 Å². The van der Waals surface area contributed by atoms with E-state index < -0.39 is 0 Å². The Hall–Kier alpha value is -4.88. The van der Waals surface area contributed by atoms with Gasteiger partial charge in [-0.1, -0.05) is 66.7 Å². The molecule has 0 spiro atoms. The van der Waals surface area contributed by atoms with E-state index in [4.69, 9.17) is 4.74 Å². The molecule has 0 amide bonds. The lowest BCUT2D eigenvalue weighted by Crippen LogP contribution is -2.16. The second-order valence-corrected chi connectivity index (χ2v) is 7.98. The lowest BCUT2D eigenvalue weighted by Gasteiger charge is -2.34. The monoisotopic (exact) mass is 437 g/mol. The Bertz CT molecular complexity index is 1500. The maximum atomic E-state index is 9.42. The topological polar surface area (TPSA) is 49.2 Å². The van der Waals surface area contributed by atoms with Gasteiger partial charge in [0.1, 0.15) is 11.8 Å². The number of anilines is 3. The second kappa shape index (κ2) is 8.23. The molecule has 160 valence electrons. The van der Waals surface area contributed by atoms with Crippen molar-refractivity contribution in [2.24, 2.45) is 0 Å². The van der Waals surface area contributed by atoms with Crippen molar-refractivity contribution in [2.75, 3.05) is 4.90 Å². The summed E-state index contributed by atoms with van der Waals surface area (Å²) in [7, 11) is 0. The third kappa shape index (κ3) is 3.28. The van der Waals surface area contributed by atoms with E-state index in [2.05, 4.69) is 64.5 Å². The molecule has 4 heteroatoms. The Morgan fingerprint density at radius 2 is 1.12 bits per heavy atom. The molecule has 1 aliphatic rings. The van der Waals surface area contributed by atoms with Crippen LogP contribution in [0.4, 0.5) is 17.1 Å². The highest BCUT2D eigenvalue weighted by Crippen LogP contribution is 2.51. The Balaban J connectivity index is 1.48. The Morgan fingerprint density at radius 3 is 1.76 bits per heavy atom. The summed E-state index contributed by atoms with van der Waals surface area (Å²) in [6.45, 7) is 0. The van der Waals surface area contributed by atoms with Crippen molar-refractivity contribution in [1.82, 2.24) is 4.98 Å². The maximum Gasteiger partial charge on any atom is 0.151 e. The zero-order chi connectivity index (χ0) is 22.9. The molecule has 0 atom stereocenters. The van der Waals surface area contributed by atoms with Gasteiger partial charge in [-0.3, -0.25) is 0 Å². The molecule has 0 radical (unpaired) electrons. The quantitative estimate of drug-likeness (QED) is 0.283. The number of nitriles is 1. The molecule has 5 aromatic rings. The van der Waals surface area contributed by atoms with Crippen LogP contribution in [-0.2, 0) is 0 Å². The van der Waals surface area contributed by atoms with E-state index in [0.717, 1.165) is 50.8 Å². The lowest BCUT2D eigenvalue weighted by atomic mass is 9.97. The SMILES string of the molecule is N#Cc1ncccc1-c1ccc(-c2ccccc2N2c3ccccc3Oc3ccccc32)cc1. The average Bonchev–Trinajstić information content (AvgIpc) is 2.92. The van der Waals surface area contributed by atoms with Crippen molar-refractivity contribution >= 4 is 17.1 Å². The van der Waals surface area contributed by atoms with Crippen molar-refractivity contribution in [3.63, 3.8) is 0 Å². The number of rotatable bonds is 3. The number of nitrogens with zero attached hydrogens (tertiary/aromatic N) is 3. The highest BCUT2D eigenvalue weighted by atomic mass is 16.5. The van der Waals surface area contributed by atoms with Crippen LogP contribution in [0, 0.1) is 11.3 Å². The van der Waals surface area contributed by atoms with Crippen LogP contribution < -0.4 is 9.64 Å². The summed E-state index contributed by atoms with van der Waals surface area (Å²) >= 11 is 0. The number of hydrogen-bond donors (Lipinski definition) is 0. The van der Waals surface area contributed by atoms with E-state index >= 15 is 0 Å². The predicted molar refractivity (Wildman–Crippen MR) is 135 cm³/mol. The molecule has 0 saturated carbocycles. The maximum absolute atomic E-state index is 9.42. The molecule has 0 bridgehead atoms. The third-order valence-corrected chi connectivity index (χ3v) is 6.00. The first kappa shape index (κ1) is 19.8. The van der Waals surface area contributed by atoms with Crippen LogP contribution >= 0.6 is 0 Å². The van der Waals surface area contributed by atoms with Gasteiger partial charge in [-0.05, 0) is 53.6 Å². The molecule has 0 unspecified atom stereocenters. The van der Waals surface area contributed by atoms with E-state index in [-0.39, 0.29) is 0 Å². The minimum absolute atomic E-state index is 0.428. The van der Waals surface area contributed by atoms with E-state index in [1.54, 1.807) is 6.20 Å². The summed E-state index contributed by atoms with van der Waals surface area (Å²) in [5.41, 5.74) is 7.48. The third-order valence-electron chi connectivity index (χ3n) is 6.00. The molecule has 6 rings (SSSR count). The first-order valence-electron chi connectivity index (χ1n) is 11.0. The summed E-state index contributed by atoms with van der Waals surface area (Å²) in [6.07, 6.45) is 1.64. The van der Waals surface area contributed by atoms with Gasteiger partial charge in [-0.25, -0.2) is 4.98 Å². The fourth-order valence-corrected chi connectivity index (χ4v) is 4.43. The number of ether oxygens (including phenoxy) is 1. The van der Waals surface area contributed by atoms with Gasteiger partial charge in [0, 0.05) is 17.3 Å². The predicted octanol–water partition coefficient (Wildman–Crippen LogP) is 7.86. The highest BCUT2D eigenvalue weighted by Gasteiger charge is 2.26. The van der Waals surface area contributed by atoms with Crippen LogP contribution in [0.5, 0.6) is 11.5 Å². The zero-order valence-electron chi connectivity index (χ0n) is 18.2. The van der Waals surface area contributed by atoms with Crippen molar-refractivity contribution in [1.29, 1.82) is 5.26 Å². The molecule has 1 aliphatic heterocycles. The van der Waals surface area contributed by atoms with Crippen LogP contribution in [0.15, 0.2) is 115 Å². The molecule has 2 heterocycles.